The highest BCUT2D eigenvalue weighted by Crippen LogP contribution is 2.38. The first-order valence-corrected chi connectivity index (χ1v) is 13.5. The lowest BCUT2D eigenvalue weighted by molar-refractivity contribution is -0.142. The fourth-order valence-electron chi connectivity index (χ4n) is 3.64. The van der Waals surface area contributed by atoms with Crippen LogP contribution in [-0.2, 0) is 27.2 Å². The molecule has 3 aromatic rings. The van der Waals surface area contributed by atoms with Gasteiger partial charge in [-0.05, 0) is 99.7 Å². The lowest BCUT2D eigenvalue weighted by atomic mass is 10.1. The molecule has 1 fully saturated rings. The summed E-state index contributed by atoms with van der Waals surface area (Å²) in [4.78, 5) is 32.0. The quantitative estimate of drug-likeness (QED) is 0.214. The molecular formula is C29H27BrN2O4S. The number of esters is 1. The fraction of sp³-hybridized carbons (Fsp3) is 0.207. The van der Waals surface area contributed by atoms with Gasteiger partial charge in [-0.1, -0.05) is 44.2 Å². The molecule has 0 bridgehead atoms. The first-order valence-electron chi connectivity index (χ1n) is 11.9. The Bertz CT molecular complexity index is 1350. The average Bonchev–Trinajstić information content (AvgIpc) is 3.22. The van der Waals surface area contributed by atoms with Gasteiger partial charge in [-0.15, -0.1) is 0 Å². The van der Waals surface area contributed by atoms with Gasteiger partial charge in [0, 0.05) is 0 Å². The summed E-state index contributed by atoms with van der Waals surface area (Å²) in [6, 6.07) is 21.5. The van der Waals surface area contributed by atoms with Gasteiger partial charge in [-0.25, -0.2) is 9.79 Å². The zero-order valence-electron chi connectivity index (χ0n) is 20.9. The molecule has 0 aromatic heterocycles. The number of aryl methyl sites for hydroxylation is 2. The van der Waals surface area contributed by atoms with Crippen molar-refractivity contribution in [2.24, 2.45) is 4.99 Å². The van der Waals surface area contributed by atoms with Crippen molar-refractivity contribution in [1.82, 2.24) is 0 Å². The van der Waals surface area contributed by atoms with Gasteiger partial charge in [0.2, 0.25) is 0 Å². The number of benzene rings is 3. The van der Waals surface area contributed by atoms with E-state index in [0.717, 1.165) is 29.8 Å². The Hall–Kier alpha value is -3.36. The van der Waals surface area contributed by atoms with Crippen LogP contribution in [0.25, 0.3) is 6.08 Å². The number of thioether (sulfide) groups is 1. The molecule has 0 saturated carbocycles. The van der Waals surface area contributed by atoms with Gasteiger partial charge in [0.1, 0.15) is 5.75 Å². The second kappa shape index (κ2) is 12.3. The van der Waals surface area contributed by atoms with Crippen LogP contribution in [0.1, 0.15) is 30.5 Å². The number of hydrogen-bond acceptors (Lipinski definition) is 6. The minimum absolute atomic E-state index is 0.139. The molecule has 1 heterocycles. The molecule has 37 heavy (non-hydrogen) atoms. The second-order valence-corrected chi connectivity index (χ2v) is 10.1. The molecular weight excluding hydrogens is 552 g/mol. The second-order valence-electron chi connectivity index (χ2n) is 8.24. The summed E-state index contributed by atoms with van der Waals surface area (Å²) in [5, 5.41) is 0.599. The third kappa shape index (κ3) is 6.50. The molecule has 1 aliphatic rings. The predicted octanol–water partition coefficient (Wildman–Crippen LogP) is 6.93. The molecule has 1 saturated heterocycles. The molecule has 3 aromatic carbocycles. The molecule has 190 valence electrons. The number of anilines is 1. The maximum Gasteiger partial charge on any atom is 0.343 e. The smallest absolute Gasteiger partial charge is 0.343 e. The molecule has 0 N–H and O–H groups in total. The molecule has 0 radical (unpaired) electrons. The summed E-state index contributed by atoms with van der Waals surface area (Å²) in [5.41, 5.74) is 4.81. The Balaban J connectivity index is 1.66. The van der Waals surface area contributed by atoms with E-state index in [1.807, 2.05) is 54.6 Å². The molecule has 0 atom stereocenters. The lowest BCUT2D eigenvalue weighted by Crippen LogP contribution is -2.28. The van der Waals surface area contributed by atoms with Crippen LogP contribution >= 0.6 is 27.7 Å². The minimum Gasteiger partial charge on any atom is -0.481 e. The Kier molecular flexibility index (Phi) is 8.84. The number of methoxy groups -OCH3 is 1. The van der Waals surface area contributed by atoms with E-state index in [4.69, 9.17) is 9.73 Å². The molecule has 0 unspecified atom stereocenters. The number of hydrogen-bond donors (Lipinski definition) is 0. The standard InChI is InChI=1S/C29H27BrN2O4S/c1-4-19-6-11-22(12-7-19)31-29-32(23-13-8-20(5-2)9-14-23)28(34)26(37-29)17-21-10-15-25(24(30)16-21)36-18-27(33)35-3/h6-17H,4-5,18H2,1-3H3/b26-17-,31-29?. The molecule has 6 nitrogen and oxygen atoms in total. The number of carbonyl (C=O) groups is 2. The minimum atomic E-state index is -0.464. The number of carbonyl (C=O) groups excluding carboxylic acids is 2. The van der Waals surface area contributed by atoms with Crippen molar-refractivity contribution in [2.75, 3.05) is 18.6 Å². The van der Waals surface area contributed by atoms with Crippen LogP contribution in [0.4, 0.5) is 11.4 Å². The summed E-state index contributed by atoms with van der Waals surface area (Å²) in [6.45, 7) is 4.03. The van der Waals surface area contributed by atoms with Crippen molar-refractivity contribution in [3.8, 4) is 5.75 Å². The number of halogens is 1. The molecule has 1 amide bonds. The van der Waals surface area contributed by atoms with Crippen molar-refractivity contribution >= 4 is 62.2 Å². The van der Waals surface area contributed by atoms with Crippen molar-refractivity contribution < 1.29 is 19.1 Å². The van der Waals surface area contributed by atoms with Crippen molar-refractivity contribution in [2.45, 2.75) is 26.7 Å². The Morgan fingerprint density at radius 3 is 2.24 bits per heavy atom. The summed E-state index contributed by atoms with van der Waals surface area (Å²) < 4.78 is 10.8. The van der Waals surface area contributed by atoms with E-state index in [9.17, 15) is 9.59 Å². The zero-order chi connectivity index (χ0) is 26.4. The number of nitrogens with zero attached hydrogens (tertiary/aromatic N) is 2. The summed E-state index contributed by atoms with van der Waals surface area (Å²) >= 11 is 4.82. The van der Waals surface area contributed by atoms with Gasteiger partial charge in [0.15, 0.2) is 11.8 Å². The van der Waals surface area contributed by atoms with E-state index in [-0.39, 0.29) is 12.5 Å². The molecule has 0 aliphatic carbocycles. The zero-order valence-corrected chi connectivity index (χ0v) is 23.3. The normalized spacial score (nSPS) is 15.5. The Morgan fingerprint density at radius 2 is 1.65 bits per heavy atom. The Labute approximate surface area is 229 Å². The van der Waals surface area contributed by atoms with Crippen LogP contribution in [-0.4, -0.2) is 30.8 Å². The Morgan fingerprint density at radius 1 is 1.00 bits per heavy atom. The van der Waals surface area contributed by atoms with Crippen LogP contribution < -0.4 is 9.64 Å². The maximum absolute atomic E-state index is 13.6. The van der Waals surface area contributed by atoms with Gasteiger partial charge < -0.3 is 9.47 Å². The summed E-state index contributed by atoms with van der Waals surface area (Å²) in [6.07, 6.45) is 3.71. The van der Waals surface area contributed by atoms with Crippen LogP contribution in [0.5, 0.6) is 5.75 Å². The molecule has 0 spiro atoms. The highest BCUT2D eigenvalue weighted by molar-refractivity contribution is 9.10. The number of rotatable bonds is 8. The third-order valence-electron chi connectivity index (χ3n) is 5.81. The third-order valence-corrected chi connectivity index (χ3v) is 7.39. The van der Waals surface area contributed by atoms with E-state index in [1.165, 1.54) is 30.0 Å². The van der Waals surface area contributed by atoms with Gasteiger partial charge in [-0.3, -0.25) is 9.69 Å². The van der Waals surface area contributed by atoms with Crippen molar-refractivity contribution in [3.05, 3.63) is 92.8 Å². The fourth-order valence-corrected chi connectivity index (χ4v) is 5.16. The van der Waals surface area contributed by atoms with E-state index < -0.39 is 5.97 Å². The van der Waals surface area contributed by atoms with Crippen molar-refractivity contribution in [1.29, 1.82) is 0 Å². The molecule has 4 rings (SSSR count). The largest absolute Gasteiger partial charge is 0.481 e. The van der Waals surface area contributed by atoms with E-state index in [1.54, 1.807) is 11.0 Å². The topological polar surface area (TPSA) is 68.2 Å². The SMILES string of the molecule is CCc1ccc(N=C2S/C(=C\c3ccc(OCC(=O)OC)c(Br)c3)C(=O)N2c2ccc(CC)cc2)cc1. The highest BCUT2D eigenvalue weighted by Gasteiger charge is 2.34. The van der Waals surface area contributed by atoms with Crippen molar-refractivity contribution in [3.63, 3.8) is 0 Å². The van der Waals surface area contributed by atoms with Crippen LogP contribution in [0, 0.1) is 0 Å². The number of ether oxygens (including phenoxy) is 2. The van der Waals surface area contributed by atoms with E-state index >= 15 is 0 Å². The van der Waals surface area contributed by atoms with Gasteiger partial charge in [0.05, 0.1) is 27.9 Å². The maximum atomic E-state index is 13.6. The number of amides is 1. The molecule has 8 heteroatoms. The van der Waals surface area contributed by atoms with Crippen LogP contribution in [0.2, 0.25) is 0 Å². The van der Waals surface area contributed by atoms with Gasteiger partial charge in [-0.2, -0.15) is 0 Å². The number of aliphatic imine (C=N–C) groups is 1. The lowest BCUT2D eigenvalue weighted by Gasteiger charge is -2.16. The van der Waals surface area contributed by atoms with Crippen LogP contribution in [0.15, 0.2) is 81.1 Å². The van der Waals surface area contributed by atoms with Gasteiger partial charge >= 0.3 is 5.97 Å². The first-order chi connectivity index (χ1) is 17.9. The van der Waals surface area contributed by atoms with Crippen LogP contribution in [0.3, 0.4) is 0 Å². The monoisotopic (exact) mass is 578 g/mol. The first kappa shape index (κ1) is 26.7. The predicted molar refractivity (Wildman–Crippen MR) is 153 cm³/mol. The summed E-state index contributed by atoms with van der Waals surface area (Å²) in [7, 11) is 1.31. The van der Waals surface area contributed by atoms with Gasteiger partial charge in [0.25, 0.3) is 5.91 Å². The van der Waals surface area contributed by atoms with E-state index in [0.29, 0.717) is 20.3 Å². The summed E-state index contributed by atoms with van der Waals surface area (Å²) in [5.74, 6) is -0.0945. The molecule has 1 aliphatic heterocycles. The highest BCUT2D eigenvalue weighted by atomic mass is 79.9. The average molecular weight is 580 g/mol. The number of amidine groups is 1. The van der Waals surface area contributed by atoms with E-state index in [2.05, 4.69) is 46.6 Å².